The number of aromatic nitrogens is 2. The van der Waals surface area contributed by atoms with E-state index in [2.05, 4.69) is 45.0 Å². The first-order valence-electron chi connectivity index (χ1n) is 6.42. The van der Waals surface area contributed by atoms with Gasteiger partial charge in [0.1, 0.15) is 18.0 Å². The Morgan fingerprint density at radius 3 is 2.74 bits per heavy atom. The van der Waals surface area contributed by atoms with Gasteiger partial charge < -0.3 is 16.0 Å². The topological polar surface area (TPSA) is 61.9 Å². The van der Waals surface area contributed by atoms with Gasteiger partial charge in [0, 0.05) is 24.8 Å². The highest BCUT2D eigenvalue weighted by molar-refractivity contribution is 5.59. The second-order valence-corrected chi connectivity index (χ2v) is 4.78. The molecule has 98 valence electrons. The predicted molar refractivity (Wildman–Crippen MR) is 76.8 cm³/mol. The zero-order chi connectivity index (χ0) is 13.1. The SMILES string of the molecule is Cc1cccc(Nc2cc(NC3CNC3)ncn2)c1. The van der Waals surface area contributed by atoms with Crippen molar-refractivity contribution in [3.05, 3.63) is 42.2 Å². The van der Waals surface area contributed by atoms with E-state index in [-0.39, 0.29) is 0 Å². The molecule has 2 aromatic rings. The van der Waals surface area contributed by atoms with Crippen LogP contribution in [0, 0.1) is 6.92 Å². The number of aryl methyl sites for hydroxylation is 1. The van der Waals surface area contributed by atoms with Crippen LogP contribution in [0.25, 0.3) is 0 Å². The summed E-state index contributed by atoms with van der Waals surface area (Å²) in [5, 5.41) is 9.87. The van der Waals surface area contributed by atoms with Gasteiger partial charge >= 0.3 is 0 Å². The largest absolute Gasteiger partial charge is 0.365 e. The summed E-state index contributed by atoms with van der Waals surface area (Å²) in [6.07, 6.45) is 1.58. The second-order valence-electron chi connectivity index (χ2n) is 4.78. The Bertz CT molecular complexity index is 565. The van der Waals surface area contributed by atoms with Crippen molar-refractivity contribution >= 4 is 17.3 Å². The zero-order valence-electron chi connectivity index (χ0n) is 10.9. The molecular weight excluding hydrogens is 238 g/mol. The third kappa shape index (κ3) is 3.00. The normalized spacial score (nSPS) is 14.8. The van der Waals surface area contributed by atoms with Crippen LogP contribution < -0.4 is 16.0 Å². The molecule has 3 N–H and O–H groups in total. The minimum absolute atomic E-state index is 0.474. The molecule has 1 saturated heterocycles. The maximum atomic E-state index is 4.24. The number of hydrogen-bond donors (Lipinski definition) is 3. The molecule has 3 rings (SSSR count). The molecule has 1 aliphatic rings. The van der Waals surface area contributed by atoms with Gasteiger partial charge in [-0.3, -0.25) is 0 Å². The van der Waals surface area contributed by atoms with Gasteiger partial charge in [-0.15, -0.1) is 0 Å². The lowest BCUT2D eigenvalue weighted by Crippen LogP contribution is -2.51. The van der Waals surface area contributed by atoms with Crippen LogP contribution in [0.5, 0.6) is 0 Å². The first kappa shape index (κ1) is 11.9. The number of nitrogens with zero attached hydrogens (tertiary/aromatic N) is 2. The average molecular weight is 255 g/mol. The Balaban J connectivity index is 1.71. The van der Waals surface area contributed by atoms with Crippen molar-refractivity contribution in [2.75, 3.05) is 23.7 Å². The van der Waals surface area contributed by atoms with Gasteiger partial charge in [-0.1, -0.05) is 12.1 Å². The molecule has 0 radical (unpaired) electrons. The first-order chi connectivity index (χ1) is 9.29. The standard InChI is InChI=1S/C14H17N5/c1-10-3-2-4-11(5-10)18-13-6-14(17-9-16-13)19-12-7-15-8-12/h2-6,9,12,15H,7-8H2,1H3,(H2,16,17,18,19). The van der Waals surface area contributed by atoms with Crippen LogP contribution in [-0.4, -0.2) is 29.1 Å². The van der Waals surface area contributed by atoms with Crippen molar-refractivity contribution in [2.45, 2.75) is 13.0 Å². The van der Waals surface area contributed by atoms with Gasteiger partial charge in [0.05, 0.1) is 6.04 Å². The minimum atomic E-state index is 0.474. The molecule has 0 saturated carbocycles. The van der Waals surface area contributed by atoms with Crippen molar-refractivity contribution in [2.24, 2.45) is 0 Å². The number of benzene rings is 1. The van der Waals surface area contributed by atoms with E-state index in [0.717, 1.165) is 30.4 Å². The molecule has 0 unspecified atom stereocenters. The second kappa shape index (κ2) is 5.24. The van der Waals surface area contributed by atoms with Crippen LogP contribution in [0.3, 0.4) is 0 Å². The van der Waals surface area contributed by atoms with Gasteiger partial charge in [-0.25, -0.2) is 9.97 Å². The number of rotatable bonds is 4. The summed E-state index contributed by atoms with van der Waals surface area (Å²) in [6.45, 7) is 4.05. The average Bonchev–Trinajstić information content (AvgIpc) is 2.34. The summed E-state index contributed by atoms with van der Waals surface area (Å²) in [7, 11) is 0. The lowest BCUT2D eigenvalue weighted by atomic mass is 10.2. The zero-order valence-corrected chi connectivity index (χ0v) is 10.9. The smallest absolute Gasteiger partial charge is 0.135 e. The third-order valence-electron chi connectivity index (χ3n) is 3.09. The van der Waals surface area contributed by atoms with Crippen LogP contribution in [0.2, 0.25) is 0 Å². The van der Waals surface area contributed by atoms with E-state index in [1.807, 2.05) is 18.2 Å². The van der Waals surface area contributed by atoms with Gasteiger partial charge in [0.25, 0.3) is 0 Å². The molecule has 1 aliphatic heterocycles. The van der Waals surface area contributed by atoms with Crippen LogP contribution in [0.15, 0.2) is 36.7 Å². The molecule has 0 bridgehead atoms. The highest BCUT2D eigenvalue weighted by Crippen LogP contribution is 2.17. The van der Waals surface area contributed by atoms with Crippen molar-refractivity contribution in [3.8, 4) is 0 Å². The number of hydrogen-bond acceptors (Lipinski definition) is 5. The Morgan fingerprint density at radius 1 is 1.16 bits per heavy atom. The maximum absolute atomic E-state index is 4.24. The van der Waals surface area contributed by atoms with E-state index in [4.69, 9.17) is 0 Å². The van der Waals surface area contributed by atoms with Gasteiger partial charge in [-0.05, 0) is 24.6 Å². The number of nitrogens with one attached hydrogen (secondary N) is 3. The fraction of sp³-hybridized carbons (Fsp3) is 0.286. The molecule has 2 heterocycles. The van der Waals surface area contributed by atoms with Gasteiger partial charge in [-0.2, -0.15) is 0 Å². The molecule has 1 fully saturated rings. The molecule has 5 nitrogen and oxygen atoms in total. The fourth-order valence-electron chi connectivity index (χ4n) is 1.98. The molecular formula is C14H17N5. The lowest BCUT2D eigenvalue weighted by molar-refractivity contribution is 0.471. The van der Waals surface area contributed by atoms with E-state index < -0.39 is 0 Å². The molecule has 0 atom stereocenters. The van der Waals surface area contributed by atoms with Crippen LogP contribution in [-0.2, 0) is 0 Å². The summed E-state index contributed by atoms with van der Waals surface area (Å²) in [4.78, 5) is 8.47. The van der Waals surface area contributed by atoms with Gasteiger partial charge in [0.15, 0.2) is 0 Å². The quantitative estimate of drug-likeness (QED) is 0.779. The molecule has 1 aromatic carbocycles. The highest BCUT2D eigenvalue weighted by atomic mass is 15.1. The Kier molecular flexibility index (Phi) is 3.29. The van der Waals surface area contributed by atoms with E-state index in [0.29, 0.717) is 6.04 Å². The fourth-order valence-corrected chi connectivity index (χ4v) is 1.98. The van der Waals surface area contributed by atoms with E-state index in [1.165, 1.54) is 5.56 Å². The molecule has 1 aromatic heterocycles. The van der Waals surface area contributed by atoms with E-state index >= 15 is 0 Å². The molecule has 0 spiro atoms. The van der Waals surface area contributed by atoms with Crippen molar-refractivity contribution < 1.29 is 0 Å². The summed E-state index contributed by atoms with van der Waals surface area (Å²) < 4.78 is 0. The van der Waals surface area contributed by atoms with E-state index in [9.17, 15) is 0 Å². The molecule has 5 heteroatoms. The van der Waals surface area contributed by atoms with Crippen LogP contribution in [0.4, 0.5) is 17.3 Å². The number of anilines is 3. The molecule has 0 aliphatic carbocycles. The Hall–Kier alpha value is -2.14. The van der Waals surface area contributed by atoms with Crippen LogP contribution in [0.1, 0.15) is 5.56 Å². The molecule has 0 amide bonds. The highest BCUT2D eigenvalue weighted by Gasteiger charge is 2.16. The summed E-state index contributed by atoms with van der Waals surface area (Å²) in [5.41, 5.74) is 2.26. The predicted octanol–water partition coefficient (Wildman–Crippen LogP) is 1.91. The molecule has 19 heavy (non-hydrogen) atoms. The Morgan fingerprint density at radius 2 is 2.00 bits per heavy atom. The summed E-state index contributed by atoms with van der Waals surface area (Å²) >= 11 is 0. The maximum Gasteiger partial charge on any atom is 0.135 e. The lowest BCUT2D eigenvalue weighted by Gasteiger charge is -2.28. The minimum Gasteiger partial charge on any atom is -0.365 e. The van der Waals surface area contributed by atoms with E-state index in [1.54, 1.807) is 6.33 Å². The third-order valence-corrected chi connectivity index (χ3v) is 3.09. The first-order valence-corrected chi connectivity index (χ1v) is 6.42. The van der Waals surface area contributed by atoms with Gasteiger partial charge in [0.2, 0.25) is 0 Å². The Labute approximate surface area is 112 Å². The summed E-state index contributed by atoms with van der Waals surface area (Å²) in [6, 6.07) is 10.6. The van der Waals surface area contributed by atoms with Crippen molar-refractivity contribution in [1.82, 2.24) is 15.3 Å². The van der Waals surface area contributed by atoms with Crippen molar-refractivity contribution in [1.29, 1.82) is 0 Å². The summed E-state index contributed by atoms with van der Waals surface area (Å²) in [5.74, 6) is 1.66. The van der Waals surface area contributed by atoms with Crippen LogP contribution >= 0.6 is 0 Å². The monoisotopic (exact) mass is 255 g/mol. The van der Waals surface area contributed by atoms with Crippen molar-refractivity contribution in [3.63, 3.8) is 0 Å².